The molecule has 0 aliphatic heterocycles. The van der Waals surface area contributed by atoms with Gasteiger partial charge in [0, 0.05) is 40.7 Å². The topological polar surface area (TPSA) is 263 Å². The lowest BCUT2D eigenvalue weighted by Crippen LogP contribution is -1.99. The number of phenolic OH excluding ortho intramolecular Hbond substituents is 3. The number of nitro groups is 2. The number of non-ortho nitro benzene ring substituents is 2. The molecule has 0 fully saturated rings. The Kier molecular flexibility index (Phi) is 8.22. The van der Waals surface area contributed by atoms with Crippen LogP contribution in [0.4, 0.5) is 45.5 Å². The molecule has 5 N–H and O–H groups in total. The average Bonchev–Trinajstić information content (AvgIpc) is 3.01. The van der Waals surface area contributed by atoms with Gasteiger partial charge in [-0.1, -0.05) is 18.2 Å². The van der Waals surface area contributed by atoms with E-state index in [1.54, 1.807) is 30.3 Å². The smallest absolute Gasteiger partial charge is 0.296 e. The summed E-state index contributed by atoms with van der Waals surface area (Å²) in [5, 5.41) is 72.2. The predicted octanol–water partition coefficient (Wildman–Crippen LogP) is 7.59. The summed E-state index contributed by atoms with van der Waals surface area (Å²) in [5.41, 5.74) is -1.77. The summed E-state index contributed by atoms with van der Waals surface area (Å²) in [6.07, 6.45) is 0. The Balaban J connectivity index is 1.75. The molecule has 46 heavy (non-hydrogen) atoms. The van der Waals surface area contributed by atoms with E-state index in [9.17, 15) is 48.5 Å². The second kappa shape index (κ2) is 12.2. The molecule has 0 atom stereocenters. The zero-order valence-corrected chi connectivity index (χ0v) is 23.7. The van der Waals surface area contributed by atoms with Gasteiger partial charge in [-0.25, -0.2) is 0 Å². The molecule has 5 aromatic carbocycles. The van der Waals surface area contributed by atoms with E-state index in [0.717, 1.165) is 42.5 Å². The number of nitrogens with one attached hydrogen (secondary N) is 1. The number of phenols is 3. The second-order valence-electron chi connectivity index (χ2n) is 9.36. The predicted molar refractivity (Wildman–Crippen MR) is 163 cm³/mol. The normalized spacial score (nSPS) is 11.8. The molecule has 0 aromatic heterocycles. The number of azo groups is 2. The van der Waals surface area contributed by atoms with Gasteiger partial charge in [0.1, 0.15) is 39.1 Å². The molecule has 18 heteroatoms. The van der Waals surface area contributed by atoms with E-state index in [0.29, 0.717) is 5.69 Å². The summed E-state index contributed by atoms with van der Waals surface area (Å²) < 4.78 is 35.1. The van der Waals surface area contributed by atoms with Crippen LogP contribution in [0.5, 0.6) is 17.2 Å². The number of benzene rings is 5. The Bertz CT molecular complexity index is 2210. The van der Waals surface area contributed by atoms with E-state index in [1.165, 1.54) is 12.1 Å². The molecule has 0 saturated heterocycles. The molecule has 5 rings (SSSR count). The van der Waals surface area contributed by atoms with Gasteiger partial charge in [-0.15, -0.1) is 20.5 Å². The van der Waals surface area contributed by atoms with Crippen LogP contribution in [0.25, 0.3) is 10.8 Å². The molecular weight excluding hydrogens is 626 g/mol. The molecule has 17 nitrogen and oxygen atoms in total. The highest BCUT2D eigenvalue weighted by Gasteiger charge is 2.25. The molecule has 0 radical (unpaired) electrons. The summed E-state index contributed by atoms with van der Waals surface area (Å²) in [5.74, 6) is -1.83. The quantitative estimate of drug-likeness (QED) is 0.0451. The lowest BCUT2D eigenvalue weighted by Gasteiger charge is -2.14. The Hall–Kier alpha value is -6.53. The number of nitro benzene ring substituents is 2. The SMILES string of the molecule is O=[N+]([O-])c1ccc(O)c(N=Nc2c(S(=O)(=O)O)cc3c(N=Nc4cc([N+](=O)[O-])ccc4O)c(Nc4ccccc4)ccc3c2O)c1. The van der Waals surface area contributed by atoms with Crippen molar-refractivity contribution in [1.29, 1.82) is 0 Å². The number of anilines is 2. The molecule has 0 heterocycles. The number of rotatable bonds is 9. The van der Waals surface area contributed by atoms with Gasteiger partial charge in [-0.3, -0.25) is 24.8 Å². The zero-order valence-electron chi connectivity index (χ0n) is 22.9. The van der Waals surface area contributed by atoms with Crippen molar-refractivity contribution in [2.75, 3.05) is 5.32 Å². The summed E-state index contributed by atoms with van der Waals surface area (Å²) in [7, 11) is -5.15. The van der Waals surface area contributed by atoms with Crippen LogP contribution in [0.15, 0.2) is 110 Å². The standard InChI is InChI=1S/C28H19N7O10S/c36-23-10-6-16(34(39)40)12-21(23)30-32-26-19-14-25(46(43,44)45)27(33-31-22-13-17(35(41)42)7-11-24(22)37)28(38)18(19)8-9-20(26)29-15-4-2-1-3-5-15/h1-14,29,36-38H,(H,43,44,45). The Labute approximate surface area is 257 Å². The van der Waals surface area contributed by atoms with Gasteiger partial charge in [0.2, 0.25) is 0 Å². The van der Waals surface area contributed by atoms with Crippen LogP contribution in [0, 0.1) is 20.2 Å². The maximum Gasteiger partial charge on any atom is 0.296 e. The fourth-order valence-electron chi connectivity index (χ4n) is 4.20. The van der Waals surface area contributed by atoms with Crippen LogP contribution in [0.3, 0.4) is 0 Å². The third-order valence-corrected chi connectivity index (χ3v) is 7.26. The van der Waals surface area contributed by atoms with E-state index < -0.39 is 64.9 Å². The third kappa shape index (κ3) is 6.37. The van der Waals surface area contributed by atoms with Crippen molar-refractivity contribution in [2.24, 2.45) is 20.5 Å². The minimum Gasteiger partial charge on any atom is -0.506 e. The molecule has 5 aromatic rings. The first-order valence-electron chi connectivity index (χ1n) is 12.7. The van der Waals surface area contributed by atoms with Crippen LogP contribution in [-0.4, -0.2) is 38.1 Å². The first-order chi connectivity index (χ1) is 21.8. The molecule has 0 aliphatic rings. The van der Waals surface area contributed by atoms with Crippen molar-refractivity contribution in [3.63, 3.8) is 0 Å². The van der Waals surface area contributed by atoms with E-state index in [1.807, 2.05) is 0 Å². The number of aromatic hydroxyl groups is 3. The van der Waals surface area contributed by atoms with Gasteiger partial charge >= 0.3 is 0 Å². The molecule has 0 amide bonds. The van der Waals surface area contributed by atoms with Crippen LogP contribution in [-0.2, 0) is 10.1 Å². The van der Waals surface area contributed by atoms with Crippen molar-refractivity contribution in [2.45, 2.75) is 4.90 Å². The maximum absolute atomic E-state index is 12.5. The highest BCUT2D eigenvalue weighted by Crippen LogP contribution is 2.47. The summed E-state index contributed by atoms with van der Waals surface area (Å²) in [6.45, 7) is 0. The molecule has 0 unspecified atom stereocenters. The average molecular weight is 646 g/mol. The molecule has 0 aliphatic carbocycles. The van der Waals surface area contributed by atoms with Crippen molar-refractivity contribution in [1.82, 2.24) is 0 Å². The van der Waals surface area contributed by atoms with Crippen molar-refractivity contribution >= 4 is 66.4 Å². The second-order valence-corrected chi connectivity index (χ2v) is 10.7. The van der Waals surface area contributed by atoms with Gasteiger partial charge in [-0.2, -0.15) is 8.42 Å². The number of hydrogen-bond acceptors (Lipinski definition) is 14. The van der Waals surface area contributed by atoms with E-state index in [2.05, 4.69) is 25.8 Å². The van der Waals surface area contributed by atoms with Crippen LogP contribution < -0.4 is 5.32 Å². The summed E-state index contributed by atoms with van der Waals surface area (Å²) >= 11 is 0. The molecule has 232 valence electrons. The fraction of sp³-hybridized carbons (Fsp3) is 0. The summed E-state index contributed by atoms with van der Waals surface area (Å²) in [4.78, 5) is 20.0. The van der Waals surface area contributed by atoms with Crippen molar-refractivity contribution < 1.29 is 38.1 Å². The highest BCUT2D eigenvalue weighted by molar-refractivity contribution is 7.86. The van der Waals surface area contributed by atoms with Crippen LogP contribution >= 0.6 is 0 Å². The van der Waals surface area contributed by atoms with Crippen LogP contribution in [0.2, 0.25) is 0 Å². The first kappa shape index (κ1) is 30.9. The van der Waals surface area contributed by atoms with Crippen molar-refractivity contribution in [3.05, 3.63) is 105 Å². The van der Waals surface area contributed by atoms with Crippen molar-refractivity contribution in [3.8, 4) is 17.2 Å². The van der Waals surface area contributed by atoms with Crippen LogP contribution in [0.1, 0.15) is 0 Å². The molecular formula is C28H19N7O10S. The minimum absolute atomic E-state index is 0.0829. The molecule has 0 saturated carbocycles. The Morgan fingerprint density at radius 3 is 1.72 bits per heavy atom. The van der Waals surface area contributed by atoms with Gasteiger partial charge < -0.3 is 20.6 Å². The number of fused-ring (bicyclic) bond motifs is 1. The number of hydrogen-bond donors (Lipinski definition) is 5. The zero-order chi connectivity index (χ0) is 33.2. The Morgan fingerprint density at radius 2 is 1.20 bits per heavy atom. The first-order valence-corrected chi connectivity index (χ1v) is 14.2. The van der Waals surface area contributed by atoms with Gasteiger partial charge in [0.25, 0.3) is 21.5 Å². The van der Waals surface area contributed by atoms with E-state index >= 15 is 0 Å². The molecule has 0 bridgehead atoms. The molecule has 0 spiro atoms. The lowest BCUT2D eigenvalue weighted by atomic mass is 10.0. The highest BCUT2D eigenvalue weighted by atomic mass is 32.2. The van der Waals surface area contributed by atoms with E-state index in [4.69, 9.17) is 0 Å². The van der Waals surface area contributed by atoms with E-state index in [-0.39, 0.29) is 27.8 Å². The number of para-hydroxylation sites is 1. The minimum atomic E-state index is -5.15. The fourth-order valence-corrected chi connectivity index (χ4v) is 4.85. The monoisotopic (exact) mass is 645 g/mol. The largest absolute Gasteiger partial charge is 0.506 e. The maximum atomic E-state index is 12.5. The van der Waals surface area contributed by atoms with Gasteiger partial charge in [0.15, 0.2) is 5.75 Å². The van der Waals surface area contributed by atoms with Gasteiger partial charge in [-0.05, 0) is 42.5 Å². The summed E-state index contributed by atoms with van der Waals surface area (Å²) in [6, 6.07) is 18.2. The number of nitrogens with zero attached hydrogens (tertiary/aromatic N) is 6. The lowest BCUT2D eigenvalue weighted by molar-refractivity contribution is -0.385. The third-order valence-electron chi connectivity index (χ3n) is 6.39. The Morgan fingerprint density at radius 1 is 0.652 bits per heavy atom. The van der Waals surface area contributed by atoms with Gasteiger partial charge in [0.05, 0.1) is 15.5 Å².